The maximum Gasteiger partial charge on any atom is 0.161 e. The summed E-state index contributed by atoms with van der Waals surface area (Å²) in [5.74, 6) is 0.172. The first-order chi connectivity index (χ1) is 6.13. The van der Waals surface area contributed by atoms with Crippen molar-refractivity contribution in [3.05, 3.63) is 28.6 Å². The van der Waals surface area contributed by atoms with Crippen LogP contribution in [-0.4, -0.2) is 10.4 Å². The first kappa shape index (κ1) is 8.30. The summed E-state index contributed by atoms with van der Waals surface area (Å²) in [6.07, 6.45) is 4.22. The molecule has 0 fully saturated rings. The van der Waals surface area contributed by atoms with E-state index in [9.17, 15) is 4.79 Å². The normalized spacial score (nSPS) is 13.5. The van der Waals surface area contributed by atoms with Crippen molar-refractivity contribution in [3.8, 4) is 0 Å². The zero-order valence-corrected chi connectivity index (χ0v) is 8.22. The fourth-order valence-electron chi connectivity index (χ4n) is 2.16. The van der Waals surface area contributed by atoms with Crippen molar-refractivity contribution in [1.29, 1.82) is 0 Å². The second kappa shape index (κ2) is 2.59. The number of hydrogen-bond donors (Lipinski definition) is 0. The molecule has 0 saturated heterocycles. The molecule has 0 spiro atoms. The number of allylic oxidation sites excluding steroid dienone is 1. The van der Waals surface area contributed by atoms with E-state index in [1.807, 2.05) is 13.8 Å². The van der Waals surface area contributed by atoms with E-state index in [0.29, 0.717) is 0 Å². The summed E-state index contributed by atoms with van der Waals surface area (Å²) < 4.78 is 2.19. The lowest BCUT2D eigenvalue weighted by Crippen LogP contribution is -1.99. The third-order valence-corrected chi connectivity index (χ3v) is 2.73. The number of hydrogen-bond acceptors (Lipinski definition) is 1. The Morgan fingerprint density at radius 1 is 1.46 bits per heavy atom. The van der Waals surface area contributed by atoms with Crippen molar-refractivity contribution in [3.63, 3.8) is 0 Å². The van der Waals surface area contributed by atoms with Gasteiger partial charge in [0.15, 0.2) is 5.78 Å². The smallest absolute Gasteiger partial charge is 0.161 e. The number of aromatic nitrogens is 1. The van der Waals surface area contributed by atoms with Gasteiger partial charge in [-0.15, -0.1) is 0 Å². The third kappa shape index (κ3) is 0.981. The van der Waals surface area contributed by atoms with Crippen molar-refractivity contribution in [2.24, 2.45) is 0 Å². The molecule has 0 aromatic carbocycles. The Balaban J connectivity index is 2.72. The van der Waals surface area contributed by atoms with E-state index >= 15 is 0 Å². The monoisotopic (exact) mass is 175 g/mol. The van der Waals surface area contributed by atoms with Gasteiger partial charge in [-0.25, -0.2) is 0 Å². The Morgan fingerprint density at radius 2 is 2.15 bits per heavy atom. The zero-order chi connectivity index (χ0) is 9.59. The van der Waals surface area contributed by atoms with Gasteiger partial charge in [-0.2, -0.15) is 0 Å². The molecule has 0 aliphatic carbocycles. The van der Waals surface area contributed by atoms with Crippen LogP contribution in [-0.2, 0) is 6.54 Å². The van der Waals surface area contributed by atoms with Crippen LogP contribution in [0, 0.1) is 13.8 Å². The topological polar surface area (TPSA) is 22.0 Å². The Labute approximate surface area is 77.9 Å². The maximum atomic E-state index is 11.4. The number of nitrogens with zero attached hydrogens (tertiary/aromatic N) is 1. The summed E-state index contributed by atoms with van der Waals surface area (Å²) in [4.78, 5) is 11.4. The first-order valence-corrected chi connectivity index (χ1v) is 4.50. The SMILES string of the molecule is CC(=O)c1c(C)c2n(c1C)CC=C2. The molecule has 13 heavy (non-hydrogen) atoms. The van der Waals surface area contributed by atoms with Gasteiger partial charge in [0.1, 0.15) is 0 Å². The minimum absolute atomic E-state index is 0.172. The Kier molecular flexibility index (Phi) is 1.65. The summed E-state index contributed by atoms with van der Waals surface area (Å²) in [5.41, 5.74) is 4.32. The van der Waals surface area contributed by atoms with Crippen LogP contribution in [0.5, 0.6) is 0 Å². The second-order valence-electron chi connectivity index (χ2n) is 3.54. The van der Waals surface area contributed by atoms with Gasteiger partial charge >= 0.3 is 0 Å². The van der Waals surface area contributed by atoms with Gasteiger partial charge in [0.2, 0.25) is 0 Å². The highest BCUT2D eigenvalue weighted by atomic mass is 16.1. The molecule has 1 aliphatic heterocycles. The van der Waals surface area contributed by atoms with Crippen LogP contribution in [0.4, 0.5) is 0 Å². The van der Waals surface area contributed by atoms with E-state index < -0.39 is 0 Å². The molecule has 1 aromatic rings. The fraction of sp³-hybridized carbons (Fsp3) is 0.364. The molecule has 2 rings (SSSR count). The Morgan fingerprint density at radius 3 is 2.69 bits per heavy atom. The van der Waals surface area contributed by atoms with E-state index in [0.717, 1.165) is 23.4 Å². The molecule has 0 radical (unpaired) electrons. The zero-order valence-electron chi connectivity index (χ0n) is 8.22. The van der Waals surface area contributed by atoms with Crippen LogP contribution in [0.3, 0.4) is 0 Å². The van der Waals surface area contributed by atoms with E-state index in [4.69, 9.17) is 0 Å². The summed E-state index contributed by atoms with van der Waals surface area (Å²) >= 11 is 0. The van der Waals surface area contributed by atoms with Crippen molar-refractivity contribution < 1.29 is 4.79 Å². The van der Waals surface area contributed by atoms with Crippen LogP contribution in [0.15, 0.2) is 6.08 Å². The highest BCUT2D eigenvalue weighted by molar-refractivity contribution is 5.98. The van der Waals surface area contributed by atoms with Crippen molar-refractivity contribution in [2.45, 2.75) is 27.3 Å². The highest BCUT2D eigenvalue weighted by Gasteiger charge is 2.19. The van der Waals surface area contributed by atoms with E-state index in [-0.39, 0.29) is 5.78 Å². The first-order valence-electron chi connectivity index (χ1n) is 4.50. The lowest BCUT2D eigenvalue weighted by atomic mass is 10.1. The predicted molar refractivity (Wildman–Crippen MR) is 52.9 cm³/mol. The number of fused-ring (bicyclic) bond motifs is 1. The molecule has 0 N–H and O–H groups in total. The van der Waals surface area contributed by atoms with E-state index in [1.54, 1.807) is 6.92 Å². The van der Waals surface area contributed by atoms with Crippen molar-refractivity contribution >= 4 is 11.9 Å². The molecule has 0 unspecified atom stereocenters. The summed E-state index contributed by atoms with van der Waals surface area (Å²) in [6.45, 7) is 6.58. The van der Waals surface area contributed by atoms with Crippen molar-refractivity contribution in [1.82, 2.24) is 4.57 Å². The van der Waals surface area contributed by atoms with Crippen LogP contribution in [0.1, 0.15) is 34.2 Å². The summed E-state index contributed by atoms with van der Waals surface area (Å²) in [6, 6.07) is 0. The summed E-state index contributed by atoms with van der Waals surface area (Å²) in [5, 5.41) is 0. The number of carbonyl (C=O) groups is 1. The van der Waals surface area contributed by atoms with Crippen LogP contribution < -0.4 is 0 Å². The van der Waals surface area contributed by atoms with Gasteiger partial charge in [0.05, 0.1) is 0 Å². The van der Waals surface area contributed by atoms with Gasteiger partial charge in [-0.05, 0) is 32.4 Å². The quantitative estimate of drug-likeness (QED) is 0.600. The molecule has 2 heteroatoms. The van der Waals surface area contributed by atoms with Crippen molar-refractivity contribution in [2.75, 3.05) is 0 Å². The number of carbonyl (C=O) groups excluding carboxylic acids is 1. The standard InChI is InChI=1S/C11H13NO/c1-7-10-5-4-6-12(10)8(2)11(7)9(3)13/h4-5H,6H2,1-3H3. The average molecular weight is 175 g/mol. The third-order valence-electron chi connectivity index (χ3n) is 2.73. The molecular formula is C11H13NO. The Bertz CT molecular complexity index is 410. The molecule has 0 amide bonds. The van der Waals surface area contributed by atoms with E-state index in [2.05, 4.69) is 16.7 Å². The van der Waals surface area contributed by atoms with Gasteiger partial charge < -0.3 is 4.57 Å². The number of ketones is 1. The lowest BCUT2D eigenvalue weighted by molar-refractivity contribution is 0.101. The molecule has 0 saturated carbocycles. The van der Waals surface area contributed by atoms with Crippen LogP contribution in [0.25, 0.3) is 6.08 Å². The fourth-order valence-corrected chi connectivity index (χ4v) is 2.16. The van der Waals surface area contributed by atoms with Gasteiger partial charge in [0.25, 0.3) is 0 Å². The summed E-state index contributed by atoms with van der Waals surface area (Å²) in [7, 11) is 0. The second-order valence-corrected chi connectivity index (χ2v) is 3.54. The van der Waals surface area contributed by atoms with Gasteiger partial charge in [-0.3, -0.25) is 4.79 Å². The minimum atomic E-state index is 0.172. The molecule has 2 nitrogen and oxygen atoms in total. The number of rotatable bonds is 1. The van der Waals surface area contributed by atoms with Gasteiger partial charge in [-0.1, -0.05) is 6.08 Å². The van der Waals surface area contributed by atoms with Crippen LogP contribution in [0.2, 0.25) is 0 Å². The molecule has 0 atom stereocenters. The Hall–Kier alpha value is -1.31. The van der Waals surface area contributed by atoms with Gasteiger partial charge in [0, 0.05) is 23.5 Å². The largest absolute Gasteiger partial charge is 0.341 e. The molecule has 2 heterocycles. The lowest BCUT2D eigenvalue weighted by Gasteiger charge is -2.00. The average Bonchev–Trinajstić information content (AvgIpc) is 2.56. The molecule has 0 bridgehead atoms. The minimum Gasteiger partial charge on any atom is -0.341 e. The van der Waals surface area contributed by atoms with E-state index in [1.165, 1.54) is 5.69 Å². The predicted octanol–water partition coefficient (Wildman–Crippen LogP) is 2.33. The maximum absolute atomic E-state index is 11.4. The molecular weight excluding hydrogens is 162 g/mol. The molecule has 1 aromatic heterocycles. The number of Topliss-reactive ketones (excluding diaryl/α,β-unsaturated/α-hetero) is 1. The molecule has 68 valence electrons. The van der Waals surface area contributed by atoms with Crippen LogP contribution >= 0.6 is 0 Å². The molecule has 1 aliphatic rings. The highest BCUT2D eigenvalue weighted by Crippen LogP contribution is 2.26.